The molecular formula is C22H21N7O4S2. The third-order valence-corrected chi connectivity index (χ3v) is 7.54. The molecule has 180 valence electrons. The van der Waals surface area contributed by atoms with E-state index in [1.54, 1.807) is 13.0 Å². The molecule has 0 aliphatic carbocycles. The standard InChI is InChI=1S/C22H21N7O4S2/c1-3-4-16-26-27-17(34-16)6-14(30)12-7-28(8-12)15-5-11(2)18-19(31)13(21(32)33)9-29(20(18)25-15)22-23-10-24-35-22/h5,9-10,12H,3-4,6-8H2,1-2H3,(H,32,33). The first-order valence-electron chi connectivity index (χ1n) is 11.0. The molecule has 0 spiro atoms. The Hall–Kier alpha value is -3.58. The number of hydrogen-bond donors (Lipinski definition) is 1. The second-order valence-electron chi connectivity index (χ2n) is 8.35. The van der Waals surface area contributed by atoms with Gasteiger partial charge in [-0.15, -0.1) is 21.5 Å². The van der Waals surface area contributed by atoms with E-state index in [1.807, 2.05) is 4.90 Å². The number of ketones is 1. The number of aromatic nitrogens is 6. The average Bonchev–Trinajstić information content (AvgIpc) is 3.45. The zero-order valence-electron chi connectivity index (χ0n) is 19.0. The largest absolute Gasteiger partial charge is 0.477 e. The molecule has 0 saturated carbocycles. The summed E-state index contributed by atoms with van der Waals surface area (Å²) in [5.74, 6) is -0.721. The van der Waals surface area contributed by atoms with Crippen LogP contribution >= 0.6 is 22.9 Å². The molecule has 0 unspecified atom stereocenters. The Kier molecular flexibility index (Phi) is 6.11. The van der Waals surface area contributed by atoms with Gasteiger partial charge in [-0.1, -0.05) is 6.92 Å². The maximum Gasteiger partial charge on any atom is 0.341 e. The summed E-state index contributed by atoms with van der Waals surface area (Å²) < 4.78 is 5.47. The molecule has 0 amide bonds. The molecule has 0 atom stereocenters. The van der Waals surface area contributed by atoms with Crippen molar-refractivity contribution in [2.24, 2.45) is 5.92 Å². The number of anilines is 1. The van der Waals surface area contributed by atoms with Gasteiger partial charge in [0.1, 0.15) is 33.5 Å². The maximum absolute atomic E-state index is 12.9. The van der Waals surface area contributed by atoms with Gasteiger partial charge in [0.2, 0.25) is 10.6 Å². The van der Waals surface area contributed by atoms with Crippen LogP contribution in [0.25, 0.3) is 16.2 Å². The van der Waals surface area contributed by atoms with Gasteiger partial charge in [-0.05, 0) is 25.0 Å². The van der Waals surface area contributed by atoms with Crippen molar-refractivity contribution >= 4 is 51.5 Å². The van der Waals surface area contributed by atoms with Gasteiger partial charge >= 0.3 is 5.97 Å². The number of carboxylic acids is 1. The molecule has 1 saturated heterocycles. The second-order valence-corrected chi connectivity index (χ2v) is 10.3. The van der Waals surface area contributed by atoms with E-state index in [4.69, 9.17) is 0 Å². The molecule has 0 aromatic carbocycles. The SMILES string of the molecule is CCCc1nnc(CC(=O)C2CN(c3cc(C)c4c(=O)c(C(=O)O)cn(-c5ncns5)c4n3)C2)s1. The molecule has 0 bridgehead atoms. The van der Waals surface area contributed by atoms with Crippen LogP contribution in [0.15, 0.2) is 23.4 Å². The molecule has 4 aromatic heterocycles. The predicted octanol–water partition coefficient (Wildman–Crippen LogP) is 2.30. The summed E-state index contributed by atoms with van der Waals surface area (Å²) in [6.07, 6.45) is 4.73. The van der Waals surface area contributed by atoms with Crippen LogP contribution in [0.3, 0.4) is 0 Å². The van der Waals surface area contributed by atoms with Gasteiger partial charge in [0.25, 0.3) is 0 Å². The first-order valence-corrected chi connectivity index (χ1v) is 12.6. The Morgan fingerprint density at radius 1 is 1.23 bits per heavy atom. The van der Waals surface area contributed by atoms with Crippen LogP contribution < -0.4 is 10.3 Å². The van der Waals surface area contributed by atoms with Gasteiger partial charge < -0.3 is 10.0 Å². The Morgan fingerprint density at radius 3 is 2.69 bits per heavy atom. The lowest BCUT2D eigenvalue weighted by molar-refractivity contribution is -0.122. The highest BCUT2D eigenvalue weighted by molar-refractivity contribution is 7.11. The number of aryl methyl sites for hydroxylation is 2. The monoisotopic (exact) mass is 511 g/mol. The van der Waals surface area contributed by atoms with Crippen molar-refractivity contribution < 1.29 is 14.7 Å². The predicted molar refractivity (Wildman–Crippen MR) is 131 cm³/mol. The number of fused-ring (bicyclic) bond motifs is 1. The van der Waals surface area contributed by atoms with E-state index in [2.05, 4.69) is 31.5 Å². The summed E-state index contributed by atoms with van der Waals surface area (Å²) >= 11 is 2.56. The molecule has 0 radical (unpaired) electrons. The lowest BCUT2D eigenvalue weighted by Crippen LogP contribution is -2.51. The van der Waals surface area contributed by atoms with E-state index in [-0.39, 0.29) is 29.1 Å². The number of aromatic carboxylic acids is 1. The number of pyridine rings is 2. The molecule has 1 N–H and O–H groups in total. The third-order valence-electron chi connectivity index (χ3n) is 5.89. The quantitative estimate of drug-likeness (QED) is 0.374. The van der Waals surface area contributed by atoms with Gasteiger partial charge in [0.05, 0.1) is 17.7 Å². The first kappa shape index (κ1) is 23.2. The fourth-order valence-corrected chi connectivity index (χ4v) is 5.51. The van der Waals surface area contributed by atoms with E-state index in [1.165, 1.54) is 28.4 Å². The topological polar surface area (TPSA) is 144 Å². The molecule has 35 heavy (non-hydrogen) atoms. The molecule has 5 heterocycles. The number of hydrogen-bond acceptors (Lipinski definition) is 11. The summed E-state index contributed by atoms with van der Waals surface area (Å²) in [6.45, 7) is 4.84. The zero-order valence-corrected chi connectivity index (χ0v) is 20.6. The van der Waals surface area contributed by atoms with Crippen molar-refractivity contribution in [1.29, 1.82) is 0 Å². The van der Waals surface area contributed by atoms with Gasteiger partial charge in [-0.3, -0.25) is 14.2 Å². The molecular weight excluding hydrogens is 490 g/mol. The zero-order chi connectivity index (χ0) is 24.7. The molecule has 13 heteroatoms. The highest BCUT2D eigenvalue weighted by atomic mass is 32.1. The Bertz CT molecular complexity index is 1490. The van der Waals surface area contributed by atoms with Crippen molar-refractivity contribution in [2.45, 2.75) is 33.1 Å². The molecule has 5 rings (SSSR count). The minimum absolute atomic E-state index is 0.120. The summed E-state index contributed by atoms with van der Waals surface area (Å²) in [5.41, 5.74) is -0.0537. The lowest BCUT2D eigenvalue weighted by Gasteiger charge is -2.39. The van der Waals surface area contributed by atoms with Gasteiger partial charge in [0, 0.05) is 37.2 Å². The summed E-state index contributed by atoms with van der Waals surface area (Å²) in [5, 5.41) is 20.1. The fraction of sp³-hybridized carbons (Fsp3) is 0.364. The number of carboxylic acid groups (broad SMARTS) is 1. The normalized spacial score (nSPS) is 13.8. The molecule has 1 aliphatic heterocycles. The minimum atomic E-state index is -1.32. The summed E-state index contributed by atoms with van der Waals surface area (Å²) in [6, 6.07) is 1.75. The molecule has 4 aromatic rings. The van der Waals surface area contributed by atoms with Crippen LogP contribution in [0, 0.1) is 12.8 Å². The van der Waals surface area contributed by atoms with E-state index < -0.39 is 11.4 Å². The van der Waals surface area contributed by atoms with Gasteiger partial charge in [0.15, 0.2) is 5.65 Å². The molecule has 11 nitrogen and oxygen atoms in total. The minimum Gasteiger partial charge on any atom is -0.477 e. The van der Waals surface area contributed by atoms with Crippen LogP contribution in [-0.2, 0) is 17.6 Å². The number of Topliss-reactive ketones (excluding diaryl/α,β-unsaturated/α-hetero) is 1. The third kappa shape index (κ3) is 4.32. The average molecular weight is 512 g/mol. The van der Waals surface area contributed by atoms with E-state index in [9.17, 15) is 19.5 Å². The molecule has 1 fully saturated rings. The number of nitrogens with zero attached hydrogens (tertiary/aromatic N) is 7. The lowest BCUT2D eigenvalue weighted by atomic mass is 9.93. The Morgan fingerprint density at radius 2 is 2.00 bits per heavy atom. The van der Waals surface area contributed by atoms with Crippen LogP contribution in [0.2, 0.25) is 0 Å². The van der Waals surface area contributed by atoms with Gasteiger partial charge in [-0.25, -0.2) is 14.8 Å². The maximum atomic E-state index is 12.9. The van der Waals surface area contributed by atoms with Crippen LogP contribution in [0.5, 0.6) is 0 Å². The van der Waals surface area contributed by atoms with Crippen LogP contribution in [-0.4, -0.2) is 59.1 Å². The summed E-state index contributed by atoms with van der Waals surface area (Å²) in [7, 11) is 0. The van der Waals surface area contributed by atoms with Crippen LogP contribution in [0.4, 0.5) is 5.82 Å². The van der Waals surface area contributed by atoms with Crippen molar-refractivity contribution in [2.75, 3.05) is 18.0 Å². The van der Waals surface area contributed by atoms with E-state index in [0.29, 0.717) is 35.2 Å². The van der Waals surface area contributed by atoms with Crippen LogP contribution in [0.1, 0.15) is 39.3 Å². The Balaban J connectivity index is 1.41. The number of rotatable bonds is 8. The second kappa shape index (κ2) is 9.23. The van der Waals surface area contributed by atoms with E-state index >= 15 is 0 Å². The fourth-order valence-electron chi connectivity index (χ4n) is 4.05. The van der Waals surface area contributed by atoms with E-state index in [0.717, 1.165) is 34.4 Å². The number of carbonyl (C=O) groups excluding carboxylic acids is 1. The van der Waals surface area contributed by atoms with Crippen molar-refractivity contribution in [3.63, 3.8) is 0 Å². The summed E-state index contributed by atoms with van der Waals surface area (Å²) in [4.78, 5) is 48.1. The molecule has 1 aliphatic rings. The highest BCUT2D eigenvalue weighted by Gasteiger charge is 2.34. The van der Waals surface area contributed by atoms with Crippen molar-refractivity contribution in [3.8, 4) is 5.13 Å². The van der Waals surface area contributed by atoms with Crippen molar-refractivity contribution in [3.05, 3.63) is 50.0 Å². The smallest absolute Gasteiger partial charge is 0.341 e. The highest BCUT2D eigenvalue weighted by Crippen LogP contribution is 2.29. The first-order chi connectivity index (χ1) is 16.9. The number of carbonyl (C=O) groups is 2. The van der Waals surface area contributed by atoms with Gasteiger partial charge in [-0.2, -0.15) is 4.37 Å². The Labute approximate surface area is 207 Å². The van der Waals surface area contributed by atoms with Crippen molar-refractivity contribution in [1.82, 2.24) is 29.1 Å².